The van der Waals surface area contributed by atoms with Gasteiger partial charge in [0, 0.05) is 21.7 Å². The number of nitrogens with two attached hydrogens (primary N) is 1. The summed E-state index contributed by atoms with van der Waals surface area (Å²) in [6, 6.07) is 2.01. The molecule has 0 bridgehead atoms. The van der Waals surface area contributed by atoms with Crippen molar-refractivity contribution in [1.82, 2.24) is 9.88 Å². The lowest BCUT2D eigenvalue weighted by molar-refractivity contribution is 0.319. The molecule has 84 valence electrons. The smallest absolute Gasteiger partial charge is 0.0686 e. The Morgan fingerprint density at radius 3 is 2.80 bits per heavy atom. The average Bonchev–Trinajstić information content (AvgIpc) is 2.19. The Labute approximate surface area is 107 Å². The molecule has 0 amide bonds. The van der Waals surface area contributed by atoms with Crippen molar-refractivity contribution in [1.29, 1.82) is 0 Å². The minimum atomic E-state index is 0.735. The molecule has 0 aromatic carbocycles. The monoisotopic (exact) mass is 335 g/mol. The molecule has 3 nitrogen and oxygen atoms in total. The summed E-state index contributed by atoms with van der Waals surface area (Å²) in [5, 5.41) is 0. The standard InChI is InChI=1S/C10H15Br2N3/c1-15(4-2-3-13)7-10-9(12)5-8(11)6-14-10/h5-6H,2-4,7,13H2,1H3. The lowest BCUT2D eigenvalue weighted by atomic mass is 10.3. The Morgan fingerprint density at radius 1 is 1.47 bits per heavy atom. The van der Waals surface area contributed by atoms with Crippen molar-refractivity contribution >= 4 is 31.9 Å². The number of hydrogen-bond donors (Lipinski definition) is 1. The molecular formula is C10H15Br2N3. The van der Waals surface area contributed by atoms with Gasteiger partial charge in [0.15, 0.2) is 0 Å². The number of nitrogens with zero attached hydrogens (tertiary/aromatic N) is 2. The third kappa shape index (κ3) is 4.59. The summed E-state index contributed by atoms with van der Waals surface area (Å²) in [6.45, 7) is 2.58. The summed E-state index contributed by atoms with van der Waals surface area (Å²) in [5.41, 5.74) is 6.52. The number of halogens is 2. The van der Waals surface area contributed by atoms with Crippen LogP contribution < -0.4 is 5.73 Å². The van der Waals surface area contributed by atoms with Crippen molar-refractivity contribution in [2.24, 2.45) is 5.73 Å². The number of aromatic nitrogens is 1. The first-order valence-electron chi connectivity index (χ1n) is 4.82. The van der Waals surface area contributed by atoms with E-state index in [1.807, 2.05) is 12.3 Å². The predicted octanol–water partition coefficient (Wildman–Crippen LogP) is 2.39. The maximum atomic E-state index is 5.46. The fraction of sp³-hybridized carbons (Fsp3) is 0.500. The Kier molecular flexibility index (Phi) is 5.74. The molecule has 0 atom stereocenters. The van der Waals surface area contributed by atoms with Crippen molar-refractivity contribution in [2.75, 3.05) is 20.1 Å². The highest BCUT2D eigenvalue weighted by molar-refractivity contribution is 9.11. The van der Waals surface area contributed by atoms with Crippen LogP contribution in [-0.4, -0.2) is 30.0 Å². The SMILES string of the molecule is CN(CCCN)Cc1ncc(Br)cc1Br. The molecule has 0 saturated heterocycles. The fourth-order valence-corrected chi connectivity index (χ4v) is 2.37. The maximum absolute atomic E-state index is 5.46. The highest BCUT2D eigenvalue weighted by atomic mass is 79.9. The Morgan fingerprint density at radius 2 is 2.20 bits per heavy atom. The van der Waals surface area contributed by atoms with Crippen LogP contribution >= 0.6 is 31.9 Å². The van der Waals surface area contributed by atoms with E-state index in [2.05, 4.69) is 48.8 Å². The van der Waals surface area contributed by atoms with Crippen LogP contribution in [0.3, 0.4) is 0 Å². The van der Waals surface area contributed by atoms with Crippen molar-refractivity contribution in [3.63, 3.8) is 0 Å². The number of hydrogen-bond acceptors (Lipinski definition) is 3. The summed E-state index contributed by atoms with van der Waals surface area (Å²) in [6.07, 6.45) is 2.83. The second-order valence-electron chi connectivity index (χ2n) is 3.46. The number of rotatable bonds is 5. The van der Waals surface area contributed by atoms with Gasteiger partial charge in [-0.15, -0.1) is 0 Å². The molecule has 5 heteroatoms. The summed E-state index contributed by atoms with van der Waals surface area (Å²) in [5.74, 6) is 0. The molecule has 0 radical (unpaired) electrons. The minimum absolute atomic E-state index is 0.735. The molecule has 0 aliphatic heterocycles. The Bertz CT molecular complexity index is 318. The van der Waals surface area contributed by atoms with Gasteiger partial charge in [0.25, 0.3) is 0 Å². The average molecular weight is 337 g/mol. The molecule has 0 unspecified atom stereocenters. The molecule has 0 spiro atoms. The van der Waals surface area contributed by atoms with Crippen molar-refractivity contribution in [3.05, 3.63) is 26.9 Å². The first kappa shape index (κ1) is 13.1. The van der Waals surface area contributed by atoms with E-state index in [0.717, 1.165) is 40.7 Å². The van der Waals surface area contributed by atoms with Gasteiger partial charge in [-0.05, 0) is 64.5 Å². The Balaban J connectivity index is 2.56. The van der Waals surface area contributed by atoms with Crippen molar-refractivity contribution < 1.29 is 0 Å². The van der Waals surface area contributed by atoms with Crippen LogP contribution in [-0.2, 0) is 6.54 Å². The molecular weight excluding hydrogens is 322 g/mol. The third-order valence-corrected chi connectivity index (χ3v) is 3.17. The molecule has 1 heterocycles. The van der Waals surface area contributed by atoms with Gasteiger partial charge in [0.05, 0.1) is 5.69 Å². The van der Waals surface area contributed by atoms with Crippen LogP contribution in [0.1, 0.15) is 12.1 Å². The molecule has 1 rings (SSSR count). The van der Waals surface area contributed by atoms with Crippen LogP contribution in [0.4, 0.5) is 0 Å². The van der Waals surface area contributed by atoms with Crippen LogP contribution in [0.5, 0.6) is 0 Å². The van der Waals surface area contributed by atoms with E-state index >= 15 is 0 Å². The zero-order valence-electron chi connectivity index (χ0n) is 8.71. The normalized spacial score (nSPS) is 11.0. The van der Waals surface area contributed by atoms with Crippen LogP contribution in [0, 0.1) is 0 Å². The van der Waals surface area contributed by atoms with Gasteiger partial charge in [-0.2, -0.15) is 0 Å². The lowest BCUT2D eigenvalue weighted by Gasteiger charge is -2.16. The van der Waals surface area contributed by atoms with Crippen molar-refractivity contribution in [2.45, 2.75) is 13.0 Å². The van der Waals surface area contributed by atoms with Crippen LogP contribution in [0.15, 0.2) is 21.2 Å². The van der Waals surface area contributed by atoms with Gasteiger partial charge in [-0.3, -0.25) is 4.98 Å². The van der Waals surface area contributed by atoms with Gasteiger partial charge in [0.2, 0.25) is 0 Å². The van der Waals surface area contributed by atoms with E-state index < -0.39 is 0 Å². The van der Waals surface area contributed by atoms with Crippen LogP contribution in [0.2, 0.25) is 0 Å². The molecule has 1 aromatic rings. The topological polar surface area (TPSA) is 42.1 Å². The Hall–Kier alpha value is 0.0300. The zero-order valence-corrected chi connectivity index (χ0v) is 11.9. The highest BCUT2D eigenvalue weighted by Gasteiger charge is 2.05. The van der Waals surface area contributed by atoms with Crippen molar-refractivity contribution in [3.8, 4) is 0 Å². The highest BCUT2D eigenvalue weighted by Crippen LogP contribution is 2.20. The lowest BCUT2D eigenvalue weighted by Crippen LogP contribution is -2.22. The van der Waals surface area contributed by atoms with Gasteiger partial charge < -0.3 is 10.6 Å². The molecule has 1 aromatic heterocycles. The predicted molar refractivity (Wildman–Crippen MR) is 69.6 cm³/mol. The molecule has 0 aliphatic carbocycles. The summed E-state index contributed by atoms with van der Waals surface area (Å²) < 4.78 is 2.03. The third-order valence-electron chi connectivity index (χ3n) is 2.05. The van der Waals surface area contributed by atoms with Gasteiger partial charge in [-0.25, -0.2) is 0 Å². The quantitative estimate of drug-likeness (QED) is 0.897. The molecule has 15 heavy (non-hydrogen) atoms. The first-order valence-corrected chi connectivity index (χ1v) is 6.40. The molecule has 0 saturated carbocycles. The molecule has 2 N–H and O–H groups in total. The van der Waals surface area contributed by atoms with Crippen LogP contribution in [0.25, 0.3) is 0 Å². The van der Waals surface area contributed by atoms with E-state index in [-0.39, 0.29) is 0 Å². The van der Waals surface area contributed by atoms with E-state index in [1.54, 1.807) is 0 Å². The second kappa shape index (κ2) is 6.58. The fourth-order valence-electron chi connectivity index (χ4n) is 1.26. The van der Waals surface area contributed by atoms with Gasteiger partial charge >= 0.3 is 0 Å². The van der Waals surface area contributed by atoms with E-state index in [4.69, 9.17) is 5.73 Å². The molecule has 0 fully saturated rings. The largest absolute Gasteiger partial charge is 0.330 e. The summed E-state index contributed by atoms with van der Waals surface area (Å²) >= 11 is 6.88. The maximum Gasteiger partial charge on any atom is 0.0686 e. The van der Waals surface area contributed by atoms with Gasteiger partial charge in [0.1, 0.15) is 0 Å². The van der Waals surface area contributed by atoms with Gasteiger partial charge in [-0.1, -0.05) is 0 Å². The van der Waals surface area contributed by atoms with E-state index in [0.29, 0.717) is 0 Å². The van der Waals surface area contributed by atoms with E-state index in [9.17, 15) is 0 Å². The second-order valence-corrected chi connectivity index (χ2v) is 5.23. The summed E-state index contributed by atoms with van der Waals surface area (Å²) in [4.78, 5) is 6.58. The summed E-state index contributed by atoms with van der Waals surface area (Å²) in [7, 11) is 2.08. The first-order chi connectivity index (χ1) is 7.13. The molecule has 0 aliphatic rings. The number of pyridine rings is 1. The van der Waals surface area contributed by atoms with E-state index in [1.165, 1.54) is 0 Å². The zero-order chi connectivity index (χ0) is 11.3. The minimum Gasteiger partial charge on any atom is -0.330 e.